The molecule has 0 fully saturated rings. The molecule has 1 heteroatoms. The van der Waals surface area contributed by atoms with Gasteiger partial charge >= 0.3 is 0 Å². The van der Waals surface area contributed by atoms with E-state index in [0.29, 0.717) is 17.9 Å². The molecule has 0 aliphatic heterocycles. The highest BCUT2D eigenvalue weighted by Gasteiger charge is 2.24. The summed E-state index contributed by atoms with van der Waals surface area (Å²) in [5.74, 6) is 1.21. The predicted octanol–water partition coefficient (Wildman–Crippen LogP) is 2.38. The zero-order chi connectivity index (χ0) is 10.1. The summed E-state index contributed by atoms with van der Waals surface area (Å²) in [7, 11) is 0. The molecule has 1 aromatic rings. The first-order valence-electron chi connectivity index (χ1n) is 5.51. The van der Waals surface area contributed by atoms with Crippen LogP contribution in [0.2, 0.25) is 0 Å². The number of hydrogen-bond acceptors (Lipinski definition) is 1. The van der Waals surface area contributed by atoms with E-state index in [0.717, 1.165) is 12.8 Å². The Morgan fingerprint density at radius 2 is 1.43 bits per heavy atom. The molecule has 1 aliphatic carbocycles. The largest absolute Gasteiger partial charge is 0.327 e. The Morgan fingerprint density at radius 1 is 1.00 bits per heavy atom. The normalized spacial score (nSPS) is 32.1. The first kappa shape index (κ1) is 9.72. The lowest BCUT2D eigenvalue weighted by molar-refractivity contribution is 0.355. The van der Waals surface area contributed by atoms with Crippen LogP contribution in [0.15, 0.2) is 24.3 Å². The van der Waals surface area contributed by atoms with Crippen molar-refractivity contribution in [3.05, 3.63) is 35.4 Å². The molecule has 76 valence electrons. The van der Waals surface area contributed by atoms with E-state index in [2.05, 4.69) is 38.1 Å². The molecule has 0 saturated carbocycles. The summed E-state index contributed by atoms with van der Waals surface area (Å²) in [5, 5.41) is 0. The summed E-state index contributed by atoms with van der Waals surface area (Å²) in [6, 6.07) is 9.11. The molecule has 0 spiro atoms. The average molecular weight is 189 g/mol. The van der Waals surface area contributed by atoms with E-state index in [1.807, 2.05) is 0 Å². The van der Waals surface area contributed by atoms with Crippen LogP contribution < -0.4 is 5.73 Å². The van der Waals surface area contributed by atoms with Crippen molar-refractivity contribution in [3.8, 4) is 0 Å². The quantitative estimate of drug-likeness (QED) is 0.623. The SMILES string of the molecule is CC1Cc2ccccc2CC(C)C1N. The molecule has 2 N–H and O–H groups in total. The fraction of sp³-hybridized carbons (Fsp3) is 0.538. The van der Waals surface area contributed by atoms with Crippen LogP contribution in [-0.2, 0) is 12.8 Å². The second kappa shape index (κ2) is 3.74. The van der Waals surface area contributed by atoms with Crippen LogP contribution in [-0.4, -0.2) is 6.04 Å². The Balaban J connectivity index is 2.34. The molecule has 0 saturated heterocycles. The summed E-state index contributed by atoms with van der Waals surface area (Å²) in [6.45, 7) is 4.53. The van der Waals surface area contributed by atoms with Gasteiger partial charge in [-0.1, -0.05) is 38.1 Å². The van der Waals surface area contributed by atoms with Gasteiger partial charge in [0.25, 0.3) is 0 Å². The minimum absolute atomic E-state index is 0.349. The Morgan fingerprint density at radius 3 is 1.86 bits per heavy atom. The van der Waals surface area contributed by atoms with Crippen molar-refractivity contribution in [3.63, 3.8) is 0 Å². The molecule has 0 heterocycles. The predicted molar refractivity (Wildman–Crippen MR) is 60.2 cm³/mol. The third-order valence-electron chi connectivity index (χ3n) is 3.52. The number of benzene rings is 1. The lowest BCUT2D eigenvalue weighted by Crippen LogP contribution is -2.35. The highest BCUT2D eigenvalue weighted by atomic mass is 14.7. The first-order valence-corrected chi connectivity index (χ1v) is 5.51. The molecule has 0 amide bonds. The molecular weight excluding hydrogens is 170 g/mol. The van der Waals surface area contributed by atoms with Gasteiger partial charge in [0.1, 0.15) is 0 Å². The molecule has 0 radical (unpaired) electrons. The van der Waals surface area contributed by atoms with E-state index in [1.165, 1.54) is 11.1 Å². The van der Waals surface area contributed by atoms with Gasteiger partial charge in [-0.05, 0) is 35.8 Å². The van der Waals surface area contributed by atoms with Gasteiger partial charge in [-0.3, -0.25) is 0 Å². The third-order valence-corrected chi connectivity index (χ3v) is 3.52. The molecule has 2 atom stereocenters. The maximum Gasteiger partial charge on any atom is 0.00967 e. The Bertz CT molecular complexity index is 288. The maximum absolute atomic E-state index is 6.20. The smallest absolute Gasteiger partial charge is 0.00967 e. The van der Waals surface area contributed by atoms with Crippen molar-refractivity contribution in [2.75, 3.05) is 0 Å². The Labute approximate surface area is 86.3 Å². The van der Waals surface area contributed by atoms with Gasteiger partial charge in [-0.25, -0.2) is 0 Å². The second-order valence-electron chi connectivity index (χ2n) is 4.71. The molecule has 2 unspecified atom stereocenters. The van der Waals surface area contributed by atoms with Crippen LogP contribution in [0, 0.1) is 11.8 Å². The van der Waals surface area contributed by atoms with Crippen molar-refractivity contribution in [1.29, 1.82) is 0 Å². The van der Waals surface area contributed by atoms with Crippen LogP contribution in [0.1, 0.15) is 25.0 Å². The highest BCUT2D eigenvalue weighted by Crippen LogP contribution is 2.26. The molecule has 1 aromatic carbocycles. The summed E-state index contributed by atoms with van der Waals surface area (Å²) in [5.41, 5.74) is 9.20. The van der Waals surface area contributed by atoms with Gasteiger partial charge in [0.2, 0.25) is 0 Å². The fourth-order valence-corrected chi connectivity index (χ4v) is 2.48. The van der Waals surface area contributed by atoms with Crippen molar-refractivity contribution < 1.29 is 0 Å². The minimum atomic E-state index is 0.349. The molecule has 14 heavy (non-hydrogen) atoms. The van der Waals surface area contributed by atoms with Crippen LogP contribution >= 0.6 is 0 Å². The average Bonchev–Trinajstić information content (AvgIpc) is 2.28. The lowest BCUT2D eigenvalue weighted by Gasteiger charge is -2.22. The van der Waals surface area contributed by atoms with E-state index in [4.69, 9.17) is 5.73 Å². The number of hydrogen-bond donors (Lipinski definition) is 1. The Hall–Kier alpha value is -0.820. The van der Waals surface area contributed by atoms with E-state index >= 15 is 0 Å². The molecule has 0 aromatic heterocycles. The highest BCUT2D eigenvalue weighted by molar-refractivity contribution is 5.29. The van der Waals surface area contributed by atoms with Gasteiger partial charge in [-0.2, -0.15) is 0 Å². The van der Waals surface area contributed by atoms with Crippen LogP contribution in [0.4, 0.5) is 0 Å². The standard InChI is InChI=1S/C13H19N/c1-9-7-11-5-3-4-6-12(11)8-10(2)13(9)14/h3-6,9-10,13H,7-8,14H2,1-2H3. The molecular formula is C13H19N. The zero-order valence-electron chi connectivity index (χ0n) is 9.03. The number of rotatable bonds is 0. The molecule has 1 nitrogen and oxygen atoms in total. The first-order chi connectivity index (χ1) is 6.68. The zero-order valence-corrected chi connectivity index (χ0v) is 9.03. The lowest BCUT2D eigenvalue weighted by atomic mass is 9.89. The van der Waals surface area contributed by atoms with Crippen molar-refractivity contribution >= 4 is 0 Å². The van der Waals surface area contributed by atoms with Gasteiger partial charge in [0.05, 0.1) is 0 Å². The number of fused-ring (bicyclic) bond motifs is 1. The van der Waals surface area contributed by atoms with Crippen LogP contribution in [0.25, 0.3) is 0 Å². The van der Waals surface area contributed by atoms with E-state index < -0.39 is 0 Å². The summed E-state index contributed by atoms with van der Waals surface area (Å²) in [6.07, 6.45) is 2.28. The van der Waals surface area contributed by atoms with Crippen LogP contribution in [0.5, 0.6) is 0 Å². The van der Waals surface area contributed by atoms with Gasteiger partial charge < -0.3 is 5.73 Å². The molecule has 2 rings (SSSR count). The van der Waals surface area contributed by atoms with E-state index in [9.17, 15) is 0 Å². The third kappa shape index (κ3) is 1.69. The van der Waals surface area contributed by atoms with Gasteiger partial charge in [0, 0.05) is 6.04 Å². The van der Waals surface area contributed by atoms with Crippen molar-refractivity contribution in [1.82, 2.24) is 0 Å². The van der Waals surface area contributed by atoms with E-state index in [1.54, 1.807) is 0 Å². The monoisotopic (exact) mass is 189 g/mol. The van der Waals surface area contributed by atoms with Crippen molar-refractivity contribution in [2.45, 2.75) is 32.7 Å². The van der Waals surface area contributed by atoms with Crippen LogP contribution in [0.3, 0.4) is 0 Å². The maximum atomic E-state index is 6.20. The van der Waals surface area contributed by atoms with Gasteiger partial charge in [0.15, 0.2) is 0 Å². The molecule has 0 bridgehead atoms. The Kier molecular flexibility index (Phi) is 2.60. The van der Waals surface area contributed by atoms with E-state index in [-0.39, 0.29) is 0 Å². The number of nitrogens with two attached hydrogens (primary N) is 1. The summed E-state index contributed by atoms with van der Waals surface area (Å²) >= 11 is 0. The topological polar surface area (TPSA) is 26.0 Å². The van der Waals surface area contributed by atoms with Crippen molar-refractivity contribution in [2.24, 2.45) is 17.6 Å². The second-order valence-corrected chi connectivity index (χ2v) is 4.71. The minimum Gasteiger partial charge on any atom is -0.327 e. The van der Waals surface area contributed by atoms with Gasteiger partial charge in [-0.15, -0.1) is 0 Å². The summed E-state index contributed by atoms with van der Waals surface area (Å²) < 4.78 is 0. The fourth-order valence-electron chi connectivity index (χ4n) is 2.48. The molecule has 1 aliphatic rings. The summed E-state index contributed by atoms with van der Waals surface area (Å²) in [4.78, 5) is 0.